The van der Waals surface area contributed by atoms with Crippen molar-refractivity contribution < 1.29 is 9.47 Å². The van der Waals surface area contributed by atoms with Crippen LogP contribution in [0.3, 0.4) is 0 Å². The second-order valence-corrected chi connectivity index (χ2v) is 7.07. The zero-order valence-electron chi connectivity index (χ0n) is 16.4. The van der Waals surface area contributed by atoms with Gasteiger partial charge in [0.2, 0.25) is 0 Å². The number of aryl methyl sites for hydroxylation is 1. The van der Waals surface area contributed by atoms with Gasteiger partial charge < -0.3 is 30.3 Å². The fourth-order valence-electron chi connectivity index (χ4n) is 3.65. The largest absolute Gasteiger partial charge is 0.487 e. The second kappa shape index (κ2) is 8.62. The number of morpholine rings is 1. The molecule has 2 saturated heterocycles. The van der Waals surface area contributed by atoms with Crippen molar-refractivity contribution in [3.8, 4) is 5.75 Å². The molecule has 0 radical (unpaired) electrons. The van der Waals surface area contributed by atoms with E-state index in [4.69, 9.17) is 20.2 Å². The van der Waals surface area contributed by atoms with E-state index < -0.39 is 0 Å². The monoisotopic (exact) mass is 384 g/mol. The highest BCUT2D eigenvalue weighted by Crippen LogP contribution is 2.28. The van der Waals surface area contributed by atoms with E-state index >= 15 is 0 Å². The molecule has 0 unspecified atom stereocenters. The molecule has 2 aliphatic rings. The third-order valence-corrected chi connectivity index (χ3v) is 5.25. The number of piperazine rings is 1. The molecule has 4 heterocycles. The molecule has 0 atom stereocenters. The van der Waals surface area contributed by atoms with Crippen LogP contribution in [0.1, 0.15) is 11.3 Å². The van der Waals surface area contributed by atoms with E-state index in [2.05, 4.69) is 20.1 Å². The standard InChI is InChI=1S/C20H28N6O2/c1-15-18(2-3-19(24-15)26-8-6-22-7-9-26)28-14-16-17(4-5-23-20(16)21)25-10-12-27-13-11-25/h2-5,22H,6-14H2,1H3,(H2,21,23). The highest BCUT2D eigenvalue weighted by molar-refractivity contribution is 5.61. The molecule has 28 heavy (non-hydrogen) atoms. The topological polar surface area (TPSA) is 88.8 Å². The van der Waals surface area contributed by atoms with Crippen LogP contribution in [0.15, 0.2) is 24.4 Å². The Morgan fingerprint density at radius 1 is 1.11 bits per heavy atom. The van der Waals surface area contributed by atoms with Gasteiger partial charge in [0, 0.05) is 51.2 Å². The number of anilines is 3. The number of ether oxygens (including phenoxy) is 2. The quantitative estimate of drug-likeness (QED) is 0.795. The molecule has 0 aromatic carbocycles. The smallest absolute Gasteiger partial charge is 0.141 e. The first-order chi connectivity index (χ1) is 13.7. The van der Waals surface area contributed by atoms with Crippen LogP contribution in [-0.2, 0) is 11.3 Å². The normalized spacial score (nSPS) is 17.6. The lowest BCUT2D eigenvalue weighted by atomic mass is 10.2. The van der Waals surface area contributed by atoms with Gasteiger partial charge in [-0.05, 0) is 25.1 Å². The molecular weight excluding hydrogens is 356 g/mol. The molecule has 0 aliphatic carbocycles. The molecule has 0 amide bonds. The number of aromatic nitrogens is 2. The first kappa shape index (κ1) is 18.8. The second-order valence-electron chi connectivity index (χ2n) is 7.07. The predicted molar refractivity (Wildman–Crippen MR) is 110 cm³/mol. The molecule has 0 bridgehead atoms. The first-order valence-electron chi connectivity index (χ1n) is 9.84. The Hall–Kier alpha value is -2.58. The minimum atomic E-state index is 0.363. The lowest BCUT2D eigenvalue weighted by molar-refractivity contribution is 0.122. The molecule has 150 valence electrons. The van der Waals surface area contributed by atoms with Crippen LogP contribution < -0.4 is 25.6 Å². The number of nitrogen functional groups attached to an aromatic ring is 1. The summed E-state index contributed by atoms with van der Waals surface area (Å²) in [7, 11) is 0. The lowest BCUT2D eigenvalue weighted by Gasteiger charge is -2.31. The van der Waals surface area contributed by atoms with Gasteiger partial charge >= 0.3 is 0 Å². The summed E-state index contributed by atoms with van der Waals surface area (Å²) in [4.78, 5) is 13.6. The minimum absolute atomic E-state index is 0.363. The lowest BCUT2D eigenvalue weighted by Crippen LogP contribution is -2.43. The zero-order valence-corrected chi connectivity index (χ0v) is 16.4. The Morgan fingerprint density at radius 2 is 1.89 bits per heavy atom. The molecule has 8 nitrogen and oxygen atoms in total. The maximum absolute atomic E-state index is 6.17. The Bertz CT molecular complexity index is 803. The number of pyridine rings is 2. The maximum atomic E-state index is 6.17. The molecular formula is C20H28N6O2. The maximum Gasteiger partial charge on any atom is 0.141 e. The third kappa shape index (κ3) is 4.13. The van der Waals surface area contributed by atoms with Crippen LogP contribution in [0.25, 0.3) is 0 Å². The summed E-state index contributed by atoms with van der Waals surface area (Å²) in [5, 5.41) is 3.36. The Labute approximate surface area is 165 Å². The summed E-state index contributed by atoms with van der Waals surface area (Å²) in [5.74, 6) is 2.28. The van der Waals surface area contributed by atoms with E-state index in [0.29, 0.717) is 12.4 Å². The molecule has 2 aliphatic heterocycles. The predicted octanol–water partition coefficient (Wildman–Crippen LogP) is 1.19. The van der Waals surface area contributed by atoms with E-state index in [9.17, 15) is 0 Å². The highest BCUT2D eigenvalue weighted by Gasteiger charge is 2.18. The van der Waals surface area contributed by atoms with Crippen molar-refractivity contribution in [2.45, 2.75) is 13.5 Å². The highest BCUT2D eigenvalue weighted by atomic mass is 16.5. The van der Waals surface area contributed by atoms with Gasteiger partial charge in [0.1, 0.15) is 24.0 Å². The average molecular weight is 384 g/mol. The number of nitrogens with two attached hydrogens (primary N) is 1. The van der Waals surface area contributed by atoms with Gasteiger partial charge in [-0.2, -0.15) is 0 Å². The van der Waals surface area contributed by atoms with E-state index in [0.717, 1.165) is 81.0 Å². The summed E-state index contributed by atoms with van der Waals surface area (Å²) in [5.41, 5.74) is 9.04. The van der Waals surface area contributed by atoms with E-state index in [1.807, 2.05) is 25.1 Å². The van der Waals surface area contributed by atoms with Crippen LogP contribution in [0.2, 0.25) is 0 Å². The van der Waals surface area contributed by atoms with Gasteiger partial charge in [-0.1, -0.05) is 0 Å². The fourth-order valence-corrected chi connectivity index (χ4v) is 3.65. The Morgan fingerprint density at radius 3 is 2.64 bits per heavy atom. The van der Waals surface area contributed by atoms with Gasteiger partial charge in [0.15, 0.2) is 0 Å². The van der Waals surface area contributed by atoms with E-state index in [1.54, 1.807) is 6.20 Å². The zero-order chi connectivity index (χ0) is 19.3. The van der Waals surface area contributed by atoms with Crippen LogP contribution in [-0.4, -0.2) is 62.5 Å². The minimum Gasteiger partial charge on any atom is -0.487 e. The van der Waals surface area contributed by atoms with Gasteiger partial charge in [0.05, 0.1) is 24.5 Å². The van der Waals surface area contributed by atoms with Crippen molar-refractivity contribution in [1.82, 2.24) is 15.3 Å². The first-order valence-corrected chi connectivity index (χ1v) is 9.84. The summed E-state index contributed by atoms with van der Waals surface area (Å²) < 4.78 is 11.6. The van der Waals surface area contributed by atoms with Crippen molar-refractivity contribution in [2.24, 2.45) is 0 Å². The third-order valence-electron chi connectivity index (χ3n) is 5.25. The van der Waals surface area contributed by atoms with Crippen LogP contribution >= 0.6 is 0 Å². The molecule has 2 aromatic heterocycles. The Kier molecular flexibility index (Phi) is 5.78. The van der Waals surface area contributed by atoms with E-state index in [-0.39, 0.29) is 0 Å². The van der Waals surface area contributed by atoms with Crippen molar-refractivity contribution in [3.05, 3.63) is 35.7 Å². The van der Waals surface area contributed by atoms with Crippen molar-refractivity contribution in [2.75, 3.05) is 68.0 Å². The average Bonchev–Trinajstić information content (AvgIpc) is 2.75. The van der Waals surface area contributed by atoms with E-state index in [1.165, 1.54) is 0 Å². The van der Waals surface area contributed by atoms with Crippen LogP contribution in [0.5, 0.6) is 5.75 Å². The molecule has 2 aromatic rings. The number of hydrogen-bond acceptors (Lipinski definition) is 8. The molecule has 8 heteroatoms. The summed E-state index contributed by atoms with van der Waals surface area (Å²) >= 11 is 0. The van der Waals surface area contributed by atoms with Gasteiger partial charge in [-0.15, -0.1) is 0 Å². The summed E-state index contributed by atoms with van der Waals surface area (Å²) in [6, 6.07) is 6.03. The van der Waals surface area contributed by atoms with Gasteiger partial charge in [0.25, 0.3) is 0 Å². The number of hydrogen-bond donors (Lipinski definition) is 2. The number of nitrogens with zero attached hydrogens (tertiary/aromatic N) is 4. The molecule has 2 fully saturated rings. The molecule has 4 rings (SSSR count). The van der Waals surface area contributed by atoms with Crippen molar-refractivity contribution >= 4 is 17.3 Å². The number of nitrogens with one attached hydrogen (secondary N) is 1. The van der Waals surface area contributed by atoms with Crippen LogP contribution in [0.4, 0.5) is 17.3 Å². The van der Waals surface area contributed by atoms with Crippen LogP contribution in [0, 0.1) is 6.92 Å². The summed E-state index contributed by atoms with van der Waals surface area (Å²) in [6.45, 7) is 9.40. The van der Waals surface area contributed by atoms with Crippen molar-refractivity contribution in [3.63, 3.8) is 0 Å². The molecule has 0 spiro atoms. The molecule has 0 saturated carbocycles. The SMILES string of the molecule is Cc1nc(N2CCNCC2)ccc1OCc1c(N2CCOCC2)ccnc1N. The fraction of sp³-hybridized carbons (Fsp3) is 0.500. The van der Waals surface area contributed by atoms with Gasteiger partial charge in [-0.25, -0.2) is 9.97 Å². The Balaban J connectivity index is 1.48. The number of rotatable bonds is 5. The summed E-state index contributed by atoms with van der Waals surface area (Å²) in [6.07, 6.45) is 1.75. The van der Waals surface area contributed by atoms with Gasteiger partial charge in [-0.3, -0.25) is 0 Å². The molecule has 3 N–H and O–H groups in total. The van der Waals surface area contributed by atoms with Crippen molar-refractivity contribution in [1.29, 1.82) is 0 Å².